The Kier molecular flexibility index (Phi) is 8.57. The van der Waals surface area contributed by atoms with Crippen LogP contribution >= 0.6 is 11.6 Å². The molecule has 0 radical (unpaired) electrons. The molecule has 0 saturated carbocycles. The van der Waals surface area contributed by atoms with E-state index in [1.165, 1.54) is 6.07 Å². The lowest BCUT2D eigenvalue weighted by Gasteiger charge is -2.43. The largest absolute Gasteiger partial charge is 0.481 e. The van der Waals surface area contributed by atoms with Crippen LogP contribution in [0.4, 0.5) is 20.4 Å². The second kappa shape index (κ2) is 11.4. The average Bonchev–Trinajstić information content (AvgIpc) is 3.28. The van der Waals surface area contributed by atoms with Gasteiger partial charge < -0.3 is 10.4 Å². The number of halogens is 3. The van der Waals surface area contributed by atoms with Crippen molar-refractivity contribution >= 4 is 29.2 Å². The van der Waals surface area contributed by atoms with Crippen molar-refractivity contribution in [1.82, 2.24) is 20.1 Å². The molecule has 0 spiro atoms. The number of rotatable bonds is 8. The zero-order valence-corrected chi connectivity index (χ0v) is 24.7. The van der Waals surface area contributed by atoms with Gasteiger partial charge in [0.2, 0.25) is 0 Å². The molecule has 2 aromatic heterocycles. The number of likely N-dealkylation sites (tertiary alicyclic amines) is 1. The first kappa shape index (κ1) is 29.9. The van der Waals surface area contributed by atoms with E-state index in [0.717, 1.165) is 5.69 Å². The van der Waals surface area contributed by atoms with Crippen molar-refractivity contribution in [2.75, 3.05) is 11.9 Å². The van der Waals surface area contributed by atoms with E-state index in [1.807, 2.05) is 41.5 Å². The number of aromatic nitrogens is 3. The van der Waals surface area contributed by atoms with Gasteiger partial charge in [0, 0.05) is 42.0 Å². The number of carboxylic acids is 1. The summed E-state index contributed by atoms with van der Waals surface area (Å²) < 4.78 is 30.4. The lowest BCUT2D eigenvalue weighted by molar-refractivity contribution is -0.153. The summed E-state index contributed by atoms with van der Waals surface area (Å²) in [6.07, 6.45) is 1.32. The summed E-state index contributed by atoms with van der Waals surface area (Å²) in [7, 11) is 0. The highest BCUT2D eigenvalue weighted by Crippen LogP contribution is 2.41. The molecule has 1 saturated heterocycles. The van der Waals surface area contributed by atoms with E-state index >= 15 is 4.39 Å². The van der Waals surface area contributed by atoms with E-state index in [0.29, 0.717) is 60.6 Å². The molecule has 1 aliphatic heterocycles. The quantitative estimate of drug-likeness (QED) is 0.269. The van der Waals surface area contributed by atoms with Crippen molar-refractivity contribution in [2.45, 2.75) is 79.8 Å². The number of aryl methyl sites for hydroxylation is 1. The summed E-state index contributed by atoms with van der Waals surface area (Å²) in [5.41, 5.74) is 1.74. The molecule has 1 aliphatic rings. The highest BCUT2D eigenvalue weighted by molar-refractivity contribution is 6.30. The number of anilines is 2. The van der Waals surface area contributed by atoms with E-state index in [2.05, 4.69) is 25.4 Å². The smallest absolute Gasteiger partial charge is 0.310 e. The summed E-state index contributed by atoms with van der Waals surface area (Å²) in [6.45, 7) is 12.5. The molecular weight excluding hydrogens is 536 g/mol. The minimum atomic E-state index is -1.10. The van der Waals surface area contributed by atoms with Gasteiger partial charge in [0.05, 0.1) is 10.4 Å². The van der Waals surface area contributed by atoms with E-state index in [4.69, 9.17) is 11.6 Å². The van der Waals surface area contributed by atoms with Gasteiger partial charge in [-0.1, -0.05) is 44.5 Å². The first-order valence-corrected chi connectivity index (χ1v) is 13.9. The Morgan fingerprint density at radius 2 is 2.00 bits per heavy atom. The Morgan fingerprint density at radius 3 is 2.60 bits per heavy atom. The van der Waals surface area contributed by atoms with E-state index in [1.54, 1.807) is 18.2 Å². The third-order valence-corrected chi connectivity index (χ3v) is 8.11. The third-order valence-electron chi connectivity index (χ3n) is 7.82. The van der Waals surface area contributed by atoms with Crippen LogP contribution in [0.5, 0.6) is 0 Å². The van der Waals surface area contributed by atoms with Crippen LogP contribution in [0.3, 0.4) is 0 Å². The fourth-order valence-electron chi connectivity index (χ4n) is 5.60. The Hall–Kier alpha value is -3.04. The molecule has 0 bridgehead atoms. The van der Waals surface area contributed by atoms with Gasteiger partial charge >= 0.3 is 5.97 Å². The van der Waals surface area contributed by atoms with Crippen molar-refractivity contribution in [3.63, 3.8) is 0 Å². The topological polar surface area (TPSA) is 94.1 Å². The molecule has 10 heteroatoms. The predicted molar refractivity (Wildman–Crippen MR) is 153 cm³/mol. The number of aromatic amines is 1. The van der Waals surface area contributed by atoms with Gasteiger partial charge in [0.1, 0.15) is 5.82 Å². The molecule has 0 aliphatic carbocycles. The van der Waals surface area contributed by atoms with Crippen LogP contribution in [0, 0.1) is 36.3 Å². The number of carboxylic acid groups (broad SMARTS) is 1. The predicted octanol–water partition coefficient (Wildman–Crippen LogP) is 6.98. The molecule has 216 valence electrons. The van der Waals surface area contributed by atoms with Crippen LogP contribution in [0.25, 0.3) is 0 Å². The molecule has 4 rings (SSSR count). The lowest BCUT2D eigenvalue weighted by Crippen LogP contribution is -2.50. The number of aliphatic carboxylic acids is 1. The number of H-pyrrole nitrogens is 1. The number of carbonyl (C=O) groups is 1. The first-order valence-electron chi connectivity index (χ1n) is 13.6. The molecular formula is C30H38ClF2N5O2. The Balaban J connectivity index is 1.66. The minimum absolute atomic E-state index is 0.0359. The molecule has 7 nitrogen and oxygen atoms in total. The number of hydrogen-bond donors (Lipinski definition) is 3. The summed E-state index contributed by atoms with van der Waals surface area (Å²) in [6, 6.07) is 6.54. The molecule has 2 atom stereocenters. The maximum absolute atomic E-state index is 15.8. The fourth-order valence-corrected chi connectivity index (χ4v) is 5.79. The molecule has 40 heavy (non-hydrogen) atoms. The number of nitrogens with one attached hydrogen (secondary N) is 2. The summed E-state index contributed by atoms with van der Waals surface area (Å²) in [4.78, 5) is 19.6. The van der Waals surface area contributed by atoms with Crippen LogP contribution in [0.1, 0.15) is 68.6 Å². The molecule has 0 unspecified atom stereocenters. The second-order valence-electron chi connectivity index (χ2n) is 12.4. The van der Waals surface area contributed by atoms with Crippen LogP contribution < -0.4 is 5.32 Å². The zero-order valence-electron chi connectivity index (χ0n) is 24.0. The van der Waals surface area contributed by atoms with Crippen molar-refractivity contribution < 1.29 is 18.7 Å². The Labute approximate surface area is 239 Å². The zero-order chi connectivity index (χ0) is 29.4. The van der Waals surface area contributed by atoms with E-state index < -0.39 is 23.0 Å². The Bertz CT molecular complexity index is 1400. The normalized spacial score (nSPS) is 20.1. The van der Waals surface area contributed by atoms with Crippen LogP contribution in [-0.4, -0.2) is 43.7 Å². The molecule has 1 fully saturated rings. The van der Waals surface area contributed by atoms with Crippen LogP contribution in [0.15, 0.2) is 24.3 Å². The maximum atomic E-state index is 15.8. The standard InChI is InChI=1S/C30H38ClF2N5O2/c1-17-12-24(37-36-17)35-27-26(33)21(14-29(4,5)6)19(3)23(34-27)15-30(28(39)40)10-11-38(18(2)13-30)16-20-8-7-9-22(31)25(20)32/h7-9,12,18H,10-11,13-16H2,1-6H3,(H,39,40)(H2,34,35,36,37)/t18-,30-/m1/s1. The summed E-state index contributed by atoms with van der Waals surface area (Å²) in [5, 5.41) is 20.5. The average molecular weight is 574 g/mol. The monoisotopic (exact) mass is 573 g/mol. The van der Waals surface area contributed by atoms with Crippen molar-refractivity contribution in [1.29, 1.82) is 0 Å². The third kappa shape index (κ3) is 6.47. The Morgan fingerprint density at radius 1 is 1.27 bits per heavy atom. The van der Waals surface area contributed by atoms with Crippen molar-refractivity contribution in [3.05, 3.63) is 69.0 Å². The van der Waals surface area contributed by atoms with Gasteiger partial charge in [0.15, 0.2) is 17.5 Å². The SMILES string of the molecule is Cc1cc(Nc2nc(C[C@@]3(C(=O)O)CCN(Cc4cccc(Cl)c4F)[C@H](C)C3)c(C)c(CC(C)(C)C)c2F)n[nH]1. The van der Waals surface area contributed by atoms with Crippen molar-refractivity contribution in [3.8, 4) is 0 Å². The number of nitrogens with zero attached hydrogens (tertiary/aromatic N) is 3. The lowest BCUT2D eigenvalue weighted by atomic mass is 9.71. The molecule has 3 aromatic rings. The van der Waals surface area contributed by atoms with Gasteiger partial charge in [-0.3, -0.25) is 14.8 Å². The van der Waals surface area contributed by atoms with E-state index in [9.17, 15) is 14.3 Å². The highest BCUT2D eigenvalue weighted by atomic mass is 35.5. The molecule has 3 N–H and O–H groups in total. The van der Waals surface area contributed by atoms with Gasteiger partial charge in [-0.2, -0.15) is 5.10 Å². The highest BCUT2D eigenvalue weighted by Gasteiger charge is 2.45. The number of hydrogen-bond acceptors (Lipinski definition) is 5. The van der Waals surface area contributed by atoms with E-state index in [-0.39, 0.29) is 28.7 Å². The van der Waals surface area contributed by atoms with Crippen LogP contribution in [0.2, 0.25) is 5.02 Å². The minimum Gasteiger partial charge on any atom is -0.481 e. The second-order valence-corrected chi connectivity index (χ2v) is 12.8. The molecule has 0 amide bonds. The first-order chi connectivity index (χ1) is 18.7. The molecule has 3 heterocycles. The summed E-state index contributed by atoms with van der Waals surface area (Å²) >= 11 is 5.97. The summed E-state index contributed by atoms with van der Waals surface area (Å²) in [5.74, 6) is -1.34. The van der Waals surface area contributed by atoms with Gasteiger partial charge in [-0.15, -0.1) is 0 Å². The van der Waals surface area contributed by atoms with Gasteiger partial charge in [-0.25, -0.2) is 13.8 Å². The maximum Gasteiger partial charge on any atom is 0.310 e. The molecule has 1 aromatic carbocycles. The number of benzene rings is 1. The number of pyridine rings is 1. The van der Waals surface area contributed by atoms with Crippen molar-refractivity contribution in [2.24, 2.45) is 10.8 Å². The van der Waals surface area contributed by atoms with Gasteiger partial charge in [0.25, 0.3) is 0 Å². The fraction of sp³-hybridized carbons (Fsp3) is 0.500. The number of piperidine rings is 1. The van der Waals surface area contributed by atoms with Gasteiger partial charge in [-0.05, 0) is 69.2 Å². The van der Waals surface area contributed by atoms with Crippen LogP contribution in [-0.2, 0) is 24.2 Å².